The molecule has 0 radical (unpaired) electrons. The van der Waals surface area contributed by atoms with Crippen molar-refractivity contribution in [2.24, 2.45) is 10.7 Å². The van der Waals surface area contributed by atoms with Crippen LogP contribution in [-0.2, 0) is 0 Å². The number of para-hydroxylation sites is 2. The number of aliphatic imine (C=N–C) groups is 1. The van der Waals surface area contributed by atoms with E-state index in [0.717, 1.165) is 16.6 Å². The monoisotopic (exact) mass is 288 g/mol. The molecule has 6 nitrogen and oxygen atoms in total. The van der Waals surface area contributed by atoms with Gasteiger partial charge in [0.1, 0.15) is 0 Å². The third kappa shape index (κ3) is 1.80. The van der Waals surface area contributed by atoms with Crippen molar-refractivity contribution in [3.8, 4) is 6.07 Å². The van der Waals surface area contributed by atoms with Crippen molar-refractivity contribution in [3.63, 3.8) is 0 Å². The maximum Gasteiger partial charge on any atom is 0.212 e. The highest BCUT2D eigenvalue weighted by molar-refractivity contribution is 5.94. The van der Waals surface area contributed by atoms with Gasteiger partial charge in [-0.3, -0.25) is 9.88 Å². The summed E-state index contributed by atoms with van der Waals surface area (Å²) in [4.78, 5) is 9.05. The van der Waals surface area contributed by atoms with Crippen LogP contribution in [0.25, 0.3) is 11.0 Å². The SMILES string of the molecule is N#Cc1ccc([C@@H]2N=C(N)Nc3nc4ccccc4n32)cc1. The number of nitrogens with one attached hydrogen (secondary N) is 1. The molecule has 1 aliphatic rings. The maximum absolute atomic E-state index is 8.92. The number of fused-ring (bicyclic) bond motifs is 3. The van der Waals surface area contributed by atoms with E-state index in [4.69, 9.17) is 11.0 Å². The topological polar surface area (TPSA) is 92.0 Å². The number of anilines is 1. The Morgan fingerprint density at radius 3 is 2.68 bits per heavy atom. The van der Waals surface area contributed by atoms with Crippen LogP contribution in [-0.4, -0.2) is 15.5 Å². The molecule has 0 unspecified atom stereocenters. The van der Waals surface area contributed by atoms with Gasteiger partial charge in [-0.05, 0) is 29.8 Å². The minimum Gasteiger partial charge on any atom is -0.370 e. The molecule has 1 atom stereocenters. The van der Waals surface area contributed by atoms with E-state index in [1.165, 1.54) is 0 Å². The lowest BCUT2D eigenvalue weighted by molar-refractivity contribution is 0.626. The van der Waals surface area contributed by atoms with Gasteiger partial charge in [0.05, 0.1) is 22.7 Å². The average Bonchev–Trinajstić information content (AvgIpc) is 2.92. The number of hydrogen-bond acceptors (Lipinski definition) is 5. The Bertz CT molecular complexity index is 929. The first-order valence-electron chi connectivity index (χ1n) is 6.83. The molecule has 1 aliphatic heterocycles. The first-order chi connectivity index (χ1) is 10.8. The Morgan fingerprint density at radius 1 is 1.14 bits per heavy atom. The Labute approximate surface area is 126 Å². The van der Waals surface area contributed by atoms with Crippen LogP contribution >= 0.6 is 0 Å². The number of hydrogen-bond donors (Lipinski definition) is 2. The number of guanidine groups is 1. The van der Waals surface area contributed by atoms with Gasteiger partial charge in [0.25, 0.3) is 0 Å². The molecule has 3 aromatic rings. The average molecular weight is 288 g/mol. The Morgan fingerprint density at radius 2 is 1.91 bits per heavy atom. The predicted molar refractivity (Wildman–Crippen MR) is 84.3 cm³/mol. The van der Waals surface area contributed by atoms with Gasteiger partial charge in [-0.15, -0.1) is 0 Å². The number of benzene rings is 2. The summed E-state index contributed by atoms with van der Waals surface area (Å²) in [6.07, 6.45) is -0.295. The summed E-state index contributed by atoms with van der Waals surface area (Å²) in [6.45, 7) is 0. The molecule has 0 amide bonds. The van der Waals surface area contributed by atoms with Crippen LogP contribution in [0.1, 0.15) is 17.3 Å². The second kappa shape index (κ2) is 4.60. The molecule has 106 valence electrons. The van der Waals surface area contributed by atoms with Gasteiger partial charge in [0, 0.05) is 0 Å². The van der Waals surface area contributed by atoms with Gasteiger partial charge in [0.15, 0.2) is 12.1 Å². The first-order valence-corrected chi connectivity index (χ1v) is 6.83. The van der Waals surface area contributed by atoms with Gasteiger partial charge >= 0.3 is 0 Å². The van der Waals surface area contributed by atoms with Gasteiger partial charge in [-0.25, -0.2) is 9.98 Å². The minimum absolute atomic E-state index is 0.295. The first kappa shape index (κ1) is 12.4. The summed E-state index contributed by atoms with van der Waals surface area (Å²) in [5, 5.41) is 11.9. The molecule has 4 rings (SSSR count). The molecule has 1 aromatic heterocycles. The number of aromatic nitrogens is 2. The number of rotatable bonds is 1. The number of nitriles is 1. The second-order valence-corrected chi connectivity index (χ2v) is 5.04. The van der Waals surface area contributed by atoms with Crippen molar-refractivity contribution in [2.75, 3.05) is 5.32 Å². The molecule has 0 saturated carbocycles. The third-order valence-corrected chi connectivity index (χ3v) is 3.68. The maximum atomic E-state index is 8.92. The summed E-state index contributed by atoms with van der Waals surface area (Å²) in [5.74, 6) is 1.00. The zero-order valence-electron chi connectivity index (χ0n) is 11.6. The highest BCUT2D eigenvalue weighted by atomic mass is 15.4. The van der Waals surface area contributed by atoms with Gasteiger partial charge in [0.2, 0.25) is 5.95 Å². The van der Waals surface area contributed by atoms with Crippen molar-refractivity contribution in [2.45, 2.75) is 6.17 Å². The zero-order chi connectivity index (χ0) is 15.1. The lowest BCUT2D eigenvalue weighted by atomic mass is 10.1. The number of imidazole rings is 1. The summed E-state index contributed by atoms with van der Waals surface area (Å²) < 4.78 is 2.01. The molecule has 0 bridgehead atoms. The van der Waals surface area contributed by atoms with Crippen molar-refractivity contribution in [3.05, 3.63) is 59.7 Å². The molecule has 2 aromatic carbocycles. The van der Waals surface area contributed by atoms with Gasteiger partial charge < -0.3 is 5.73 Å². The fourth-order valence-electron chi connectivity index (χ4n) is 2.67. The molecule has 6 heteroatoms. The van der Waals surface area contributed by atoms with E-state index in [9.17, 15) is 0 Å². The van der Waals surface area contributed by atoms with Crippen LogP contribution in [0.3, 0.4) is 0 Å². The third-order valence-electron chi connectivity index (χ3n) is 3.68. The predicted octanol–water partition coefficient (Wildman–Crippen LogP) is 2.20. The Kier molecular flexibility index (Phi) is 2.60. The lowest BCUT2D eigenvalue weighted by Crippen LogP contribution is -2.31. The molecular formula is C16H12N6. The van der Waals surface area contributed by atoms with Gasteiger partial charge in [-0.2, -0.15) is 5.26 Å². The number of nitrogens with two attached hydrogens (primary N) is 1. The van der Waals surface area contributed by atoms with Crippen molar-refractivity contribution in [1.82, 2.24) is 9.55 Å². The van der Waals surface area contributed by atoms with E-state index in [1.54, 1.807) is 12.1 Å². The summed E-state index contributed by atoms with van der Waals surface area (Å²) in [5.41, 5.74) is 9.32. The van der Waals surface area contributed by atoms with Crippen LogP contribution < -0.4 is 11.1 Å². The molecule has 0 fully saturated rings. The standard InChI is InChI=1S/C16H12N6/c17-9-10-5-7-11(8-6-10)14-20-15(18)21-16-19-12-3-1-2-4-13(12)22(14)16/h1-8,14H,(H3,18,19,20,21)/t14-/m1/s1. The number of nitrogens with zero attached hydrogens (tertiary/aromatic N) is 4. The highest BCUT2D eigenvalue weighted by Gasteiger charge is 2.24. The van der Waals surface area contributed by atoms with E-state index in [2.05, 4.69) is 21.4 Å². The van der Waals surface area contributed by atoms with E-state index >= 15 is 0 Å². The smallest absolute Gasteiger partial charge is 0.212 e. The molecule has 0 aliphatic carbocycles. The van der Waals surface area contributed by atoms with Crippen LogP contribution in [0.5, 0.6) is 0 Å². The van der Waals surface area contributed by atoms with E-state index in [1.807, 2.05) is 41.0 Å². The van der Waals surface area contributed by atoms with Crippen LogP contribution in [0, 0.1) is 11.3 Å². The lowest BCUT2D eigenvalue weighted by Gasteiger charge is -2.23. The second-order valence-electron chi connectivity index (χ2n) is 5.04. The van der Waals surface area contributed by atoms with Crippen LogP contribution in [0.2, 0.25) is 0 Å². The van der Waals surface area contributed by atoms with E-state index in [-0.39, 0.29) is 6.17 Å². The molecule has 2 heterocycles. The molecule has 22 heavy (non-hydrogen) atoms. The minimum atomic E-state index is -0.295. The highest BCUT2D eigenvalue weighted by Crippen LogP contribution is 2.32. The Balaban J connectivity index is 1.92. The van der Waals surface area contributed by atoms with Crippen molar-refractivity contribution < 1.29 is 0 Å². The molecule has 0 saturated heterocycles. The van der Waals surface area contributed by atoms with Gasteiger partial charge in [-0.1, -0.05) is 24.3 Å². The summed E-state index contributed by atoms with van der Waals surface area (Å²) in [6, 6.07) is 17.3. The summed E-state index contributed by atoms with van der Waals surface area (Å²) in [7, 11) is 0. The molecule has 3 N–H and O–H groups in total. The van der Waals surface area contributed by atoms with Crippen molar-refractivity contribution >= 4 is 22.9 Å². The van der Waals surface area contributed by atoms with Crippen LogP contribution in [0.15, 0.2) is 53.5 Å². The van der Waals surface area contributed by atoms with Crippen molar-refractivity contribution in [1.29, 1.82) is 5.26 Å². The largest absolute Gasteiger partial charge is 0.370 e. The van der Waals surface area contributed by atoms with E-state index < -0.39 is 0 Å². The molecule has 0 spiro atoms. The quantitative estimate of drug-likeness (QED) is 0.718. The molecular weight excluding hydrogens is 276 g/mol. The Hall–Kier alpha value is -3.33. The van der Waals surface area contributed by atoms with Crippen LogP contribution in [0.4, 0.5) is 5.95 Å². The zero-order valence-corrected chi connectivity index (χ0v) is 11.6. The normalized spacial score (nSPS) is 16.5. The summed E-state index contributed by atoms with van der Waals surface area (Å²) >= 11 is 0. The fourth-order valence-corrected chi connectivity index (χ4v) is 2.67. The fraction of sp³-hybridized carbons (Fsp3) is 0.0625. The van der Waals surface area contributed by atoms with E-state index in [0.29, 0.717) is 17.5 Å².